The Balaban J connectivity index is 2.46. The van der Waals surface area contributed by atoms with Crippen molar-refractivity contribution in [3.05, 3.63) is 0 Å². The van der Waals surface area contributed by atoms with Gasteiger partial charge in [-0.1, -0.05) is 12.0 Å². The van der Waals surface area contributed by atoms with E-state index in [9.17, 15) is 4.79 Å². The van der Waals surface area contributed by atoms with Gasteiger partial charge in [0.1, 0.15) is 0 Å². The molecule has 0 bridgehead atoms. The van der Waals surface area contributed by atoms with Gasteiger partial charge in [0.05, 0.1) is 0 Å². The van der Waals surface area contributed by atoms with Crippen molar-refractivity contribution in [3.8, 4) is 0 Å². The highest BCUT2D eigenvalue weighted by atomic mass is 16.6. The molecule has 0 aliphatic carbocycles. The van der Waals surface area contributed by atoms with E-state index in [2.05, 4.69) is 15.0 Å². The van der Waals surface area contributed by atoms with Gasteiger partial charge in [0.15, 0.2) is 0 Å². The van der Waals surface area contributed by atoms with E-state index in [1.165, 1.54) is 0 Å². The Labute approximate surface area is 46.6 Å². The first-order chi connectivity index (χ1) is 3.83. The first-order valence-electron chi connectivity index (χ1n) is 2.44. The van der Waals surface area contributed by atoms with E-state index < -0.39 is 6.09 Å². The Morgan fingerprint density at radius 2 is 2.62 bits per heavy atom. The van der Waals surface area contributed by atoms with Gasteiger partial charge in [-0.2, -0.15) is 0 Å². The zero-order chi connectivity index (χ0) is 5.98. The summed E-state index contributed by atoms with van der Waals surface area (Å²) in [5, 5.41) is 6.64. The third-order valence-corrected chi connectivity index (χ3v) is 0.854. The number of carbonyl (C=O) groups excluding carboxylic acids is 1. The molecule has 8 heavy (non-hydrogen) atoms. The molecule has 0 aromatic carbocycles. The summed E-state index contributed by atoms with van der Waals surface area (Å²) in [6, 6.07) is 0. The highest BCUT2D eigenvalue weighted by Gasteiger charge is 2.16. The molecule has 0 radical (unpaired) electrons. The number of ether oxygens (including phenoxy) is 1. The lowest BCUT2D eigenvalue weighted by molar-refractivity contribution is 0.130. The molecule has 0 aromatic heterocycles. The number of nitrogens with zero attached hydrogens (tertiary/aromatic N) is 2. The maximum Gasteiger partial charge on any atom is 0.454 e. The van der Waals surface area contributed by atoms with Crippen molar-refractivity contribution < 1.29 is 9.53 Å². The minimum absolute atomic E-state index is 0.317. The van der Waals surface area contributed by atoms with Crippen LogP contribution in [0.25, 0.3) is 0 Å². The molecule has 0 aromatic rings. The zero-order valence-corrected chi connectivity index (χ0v) is 4.50. The number of amides is 1. The molecule has 0 spiro atoms. The SMILES string of the molecule is CCC1N=NC(=O)O1. The molecule has 1 aliphatic heterocycles. The van der Waals surface area contributed by atoms with Crippen molar-refractivity contribution in [2.24, 2.45) is 10.2 Å². The monoisotopic (exact) mass is 114 g/mol. The Kier molecular flexibility index (Phi) is 1.24. The number of cyclic esters (lactones) is 1. The minimum atomic E-state index is -0.572. The number of carbonyl (C=O) groups is 1. The molecule has 4 nitrogen and oxygen atoms in total. The summed E-state index contributed by atoms with van der Waals surface area (Å²) in [5.41, 5.74) is 0. The van der Waals surface area contributed by atoms with Crippen molar-refractivity contribution in [2.75, 3.05) is 0 Å². The average molecular weight is 114 g/mol. The van der Waals surface area contributed by atoms with Gasteiger partial charge in [-0.25, -0.2) is 4.79 Å². The van der Waals surface area contributed by atoms with E-state index in [1.54, 1.807) is 0 Å². The summed E-state index contributed by atoms with van der Waals surface area (Å²) in [7, 11) is 0. The third kappa shape index (κ3) is 0.828. The van der Waals surface area contributed by atoms with Crippen LogP contribution >= 0.6 is 0 Å². The van der Waals surface area contributed by atoms with Gasteiger partial charge in [-0.3, -0.25) is 0 Å². The van der Waals surface area contributed by atoms with Crippen LogP contribution in [0.2, 0.25) is 0 Å². The minimum Gasteiger partial charge on any atom is -0.419 e. The second-order valence-corrected chi connectivity index (χ2v) is 1.46. The fourth-order valence-electron chi connectivity index (χ4n) is 0.440. The molecule has 1 aliphatic rings. The quantitative estimate of drug-likeness (QED) is 0.516. The van der Waals surface area contributed by atoms with Crippen LogP contribution in [-0.4, -0.2) is 12.3 Å². The van der Waals surface area contributed by atoms with Crippen LogP contribution in [0.15, 0.2) is 10.2 Å². The van der Waals surface area contributed by atoms with E-state index in [4.69, 9.17) is 0 Å². The second kappa shape index (κ2) is 1.90. The topological polar surface area (TPSA) is 51.0 Å². The fourth-order valence-corrected chi connectivity index (χ4v) is 0.440. The molecule has 0 saturated heterocycles. The second-order valence-electron chi connectivity index (χ2n) is 1.46. The molecule has 1 rings (SSSR count). The predicted octanol–water partition coefficient (Wildman–Crippen LogP) is 1.32. The van der Waals surface area contributed by atoms with Gasteiger partial charge in [0, 0.05) is 6.42 Å². The van der Waals surface area contributed by atoms with Crippen molar-refractivity contribution >= 4 is 6.09 Å². The van der Waals surface area contributed by atoms with Crippen LogP contribution in [0.3, 0.4) is 0 Å². The first-order valence-corrected chi connectivity index (χ1v) is 2.44. The number of hydrogen-bond acceptors (Lipinski definition) is 3. The summed E-state index contributed by atoms with van der Waals surface area (Å²) in [6.45, 7) is 1.88. The highest BCUT2D eigenvalue weighted by molar-refractivity contribution is 5.68. The van der Waals surface area contributed by atoms with Crippen LogP contribution in [0.5, 0.6) is 0 Å². The lowest BCUT2D eigenvalue weighted by Gasteiger charge is -1.96. The lowest BCUT2D eigenvalue weighted by Crippen LogP contribution is -2.03. The number of azo groups is 1. The molecule has 4 heteroatoms. The molecule has 1 heterocycles. The molecule has 1 unspecified atom stereocenters. The summed E-state index contributed by atoms with van der Waals surface area (Å²) in [6.07, 6.45) is -0.186. The molecule has 0 saturated carbocycles. The van der Waals surface area contributed by atoms with Gasteiger partial charge in [0.25, 0.3) is 0 Å². The average Bonchev–Trinajstić information content (AvgIpc) is 2.14. The van der Waals surface area contributed by atoms with Crippen LogP contribution in [0, 0.1) is 0 Å². The Bertz CT molecular complexity index is 132. The van der Waals surface area contributed by atoms with Gasteiger partial charge < -0.3 is 4.74 Å². The van der Waals surface area contributed by atoms with Crippen molar-refractivity contribution in [3.63, 3.8) is 0 Å². The van der Waals surface area contributed by atoms with Gasteiger partial charge >= 0.3 is 6.09 Å². The van der Waals surface area contributed by atoms with Crippen molar-refractivity contribution in [1.82, 2.24) is 0 Å². The van der Waals surface area contributed by atoms with Gasteiger partial charge in [-0.15, -0.1) is 5.11 Å². The van der Waals surface area contributed by atoms with Gasteiger partial charge in [0.2, 0.25) is 6.23 Å². The van der Waals surface area contributed by atoms with Crippen LogP contribution in [0.4, 0.5) is 4.79 Å². The molecule has 44 valence electrons. The summed E-state index contributed by atoms with van der Waals surface area (Å²) in [4.78, 5) is 10.1. The first kappa shape index (κ1) is 5.21. The normalized spacial score (nSPS) is 26.1. The smallest absolute Gasteiger partial charge is 0.419 e. The molecular weight excluding hydrogens is 108 g/mol. The Hall–Kier alpha value is -0.930. The van der Waals surface area contributed by atoms with Crippen LogP contribution < -0.4 is 0 Å². The number of hydrogen-bond donors (Lipinski definition) is 0. The maximum atomic E-state index is 10.1. The van der Waals surface area contributed by atoms with E-state index in [1.807, 2.05) is 6.92 Å². The largest absolute Gasteiger partial charge is 0.454 e. The highest BCUT2D eigenvalue weighted by Crippen LogP contribution is 2.08. The van der Waals surface area contributed by atoms with Crippen LogP contribution in [0.1, 0.15) is 13.3 Å². The summed E-state index contributed by atoms with van der Waals surface area (Å²) >= 11 is 0. The standard InChI is InChI=1S/C4H6N2O2/c1-2-3-5-6-4(7)8-3/h3H,2H2,1H3. The van der Waals surface area contributed by atoms with E-state index in [-0.39, 0.29) is 6.23 Å². The summed E-state index contributed by atoms with van der Waals surface area (Å²) in [5.74, 6) is 0. The molecule has 0 fully saturated rings. The van der Waals surface area contributed by atoms with Crippen molar-refractivity contribution in [2.45, 2.75) is 19.6 Å². The van der Waals surface area contributed by atoms with E-state index in [0.29, 0.717) is 6.42 Å². The zero-order valence-electron chi connectivity index (χ0n) is 4.50. The molecular formula is C4H6N2O2. The number of rotatable bonds is 1. The molecule has 1 atom stereocenters. The summed E-state index contributed by atoms with van der Waals surface area (Å²) < 4.78 is 4.54. The van der Waals surface area contributed by atoms with Crippen LogP contribution in [-0.2, 0) is 4.74 Å². The van der Waals surface area contributed by atoms with Crippen molar-refractivity contribution in [1.29, 1.82) is 0 Å². The van der Waals surface area contributed by atoms with Gasteiger partial charge in [-0.05, 0) is 0 Å². The Morgan fingerprint density at radius 1 is 1.88 bits per heavy atom. The van der Waals surface area contributed by atoms with E-state index in [0.717, 1.165) is 0 Å². The predicted molar refractivity (Wildman–Crippen MR) is 25.4 cm³/mol. The van der Waals surface area contributed by atoms with E-state index >= 15 is 0 Å². The Morgan fingerprint density at radius 3 is 2.88 bits per heavy atom. The third-order valence-electron chi connectivity index (χ3n) is 0.854. The molecule has 1 amide bonds. The fraction of sp³-hybridized carbons (Fsp3) is 0.750. The molecule has 0 N–H and O–H groups in total. The lowest BCUT2D eigenvalue weighted by atomic mass is 10.4. The maximum absolute atomic E-state index is 10.1.